The number of hydrogen-bond acceptors (Lipinski definition) is 2. The van der Waals surface area contributed by atoms with Gasteiger partial charge in [-0.15, -0.1) is 0 Å². The Hall–Kier alpha value is -0.0800. The van der Waals surface area contributed by atoms with Crippen LogP contribution in [0.1, 0.15) is 52.4 Å². The maximum atomic E-state index is 6.23. The molecular weight excluding hydrogens is 208 g/mol. The molecule has 0 spiro atoms. The predicted molar refractivity (Wildman–Crippen MR) is 73.9 cm³/mol. The van der Waals surface area contributed by atoms with Crippen molar-refractivity contribution in [1.29, 1.82) is 0 Å². The molecule has 100 valence electrons. The van der Waals surface area contributed by atoms with Gasteiger partial charge in [-0.3, -0.25) is 0 Å². The van der Waals surface area contributed by atoms with Crippen LogP contribution in [0.25, 0.3) is 0 Å². The SMILES string of the molecule is CC(C)C[C@@H](N)CN1CC[C@@H]2CCCC[C@@H]2C1. The van der Waals surface area contributed by atoms with Gasteiger partial charge >= 0.3 is 0 Å². The molecule has 2 N–H and O–H groups in total. The summed E-state index contributed by atoms with van der Waals surface area (Å²) in [5, 5.41) is 0. The highest BCUT2D eigenvalue weighted by atomic mass is 15.1. The van der Waals surface area contributed by atoms with Crippen molar-refractivity contribution < 1.29 is 0 Å². The number of fused-ring (bicyclic) bond motifs is 1. The fourth-order valence-electron chi connectivity index (χ4n) is 3.85. The Morgan fingerprint density at radius 1 is 1.12 bits per heavy atom. The summed E-state index contributed by atoms with van der Waals surface area (Å²) in [6.45, 7) is 8.30. The zero-order valence-electron chi connectivity index (χ0n) is 11.7. The van der Waals surface area contributed by atoms with Crippen LogP contribution in [0.15, 0.2) is 0 Å². The first kappa shape index (κ1) is 13.4. The number of rotatable bonds is 4. The van der Waals surface area contributed by atoms with Gasteiger partial charge in [0.25, 0.3) is 0 Å². The molecule has 0 aromatic heterocycles. The van der Waals surface area contributed by atoms with Gasteiger partial charge in [0.1, 0.15) is 0 Å². The molecule has 1 heterocycles. The van der Waals surface area contributed by atoms with Crippen molar-refractivity contribution in [2.24, 2.45) is 23.5 Å². The topological polar surface area (TPSA) is 29.3 Å². The first-order chi connectivity index (χ1) is 8.15. The lowest BCUT2D eigenvalue weighted by Gasteiger charge is -2.42. The molecule has 0 radical (unpaired) electrons. The Kier molecular flexibility index (Phi) is 4.87. The molecule has 2 heteroatoms. The van der Waals surface area contributed by atoms with Crippen molar-refractivity contribution in [2.75, 3.05) is 19.6 Å². The molecule has 3 atom stereocenters. The number of hydrogen-bond donors (Lipinski definition) is 1. The third-order valence-corrected chi connectivity index (χ3v) is 4.64. The largest absolute Gasteiger partial charge is 0.327 e. The Labute approximate surface area is 107 Å². The van der Waals surface area contributed by atoms with Crippen molar-refractivity contribution in [2.45, 2.75) is 58.4 Å². The highest BCUT2D eigenvalue weighted by Gasteiger charge is 2.31. The number of nitrogens with zero attached hydrogens (tertiary/aromatic N) is 1. The van der Waals surface area contributed by atoms with Crippen molar-refractivity contribution in [3.8, 4) is 0 Å². The van der Waals surface area contributed by atoms with Gasteiger partial charge in [-0.1, -0.05) is 33.1 Å². The van der Waals surface area contributed by atoms with Gasteiger partial charge in [0.2, 0.25) is 0 Å². The Morgan fingerprint density at radius 2 is 1.82 bits per heavy atom. The third-order valence-electron chi connectivity index (χ3n) is 4.64. The minimum atomic E-state index is 0.384. The minimum absolute atomic E-state index is 0.384. The molecular formula is C15H30N2. The fourth-order valence-corrected chi connectivity index (χ4v) is 3.85. The number of likely N-dealkylation sites (tertiary alicyclic amines) is 1. The summed E-state index contributed by atoms with van der Waals surface area (Å²) in [6.07, 6.45) is 8.52. The lowest BCUT2D eigenvalue weighted by molar-refractivity contribution is 0.0813. The van der Waals surface area contributed by atoms with Crippen molar-refractivity contribution in [3.63, 3.8) is 0 Å². The van der Waals surface area contributed by atoms with E-state index in [0.29, 0.717) is 6.04 Å². The molecule has 2 fully saturated rings. The van der Waals surface area contributed by atoms with Crippen LogP contribution in [-0.2, 0) is 0 Å². The van der Waals surface area contributed by atoms with E-state index in [-0.39, 0.29) is 0 Å². The quantitative estimate of drug-likeness (QED) is 0.816. The van der Waals surface area contributed by atoms with E-state index >= 15 is 0 Å². The summed E-state index contributed by atoms with van der Waals surface area (Å²) < 4.78 is 0. The van der Waals surface area contributed by atoms with Crippen molar-refractivity contribution >= 4 is 0 Å². The molecule has 0 unspecified atom stereocenters. The molecule has 2 rings (SSSR count). The van der Waals surface area contributed by atoms with Crippen LogP contribution in [0.3, 0.4) is 0 Å². The lowest BCUT2D eigenvalue weighted by atomic mass is 9.75. The van der Waals surface area contributed by atoms with Crippen LogP contribution < -0.4 is 5.73 Å². The summed E-state index contributed by atoms with van der Waals surface area (Å²) in [6, 6.07) is 0.384. The third kappa shape index (κ3) is 3.96. The molecule has 0 bridgehead atoms. The van der Waals surface area contributed by atoms with E-state index in [0.717, 1.165) is 24.3 Å². The first-order valence-electron chi connectivity index (χ1n) is 7.63. The standard InChI is InChI=1S/C15H30N2/c1-12(2)9-15(16)11-17-8-7-13-5-3-4-6-14(13)10-17/h12-15H,3-11,16H2,1-2H3/t13-,14+,15+/m0/s1. The molecule has 1 aliphatic heterocycles. The smallest absolute Gasteiger partial charge is 0.0170 e. The van der Waals surface area contributed by atoms with E-state index in [1.807, 2.05) is 0 Å². The van der Waals surface area contributed by atoms with Gasteiger partial charge in [-0.05, 0) is 43.6 Å². The second-order valence-corrected chi connectivity index (χ2v) is 6.74. The van der Waals surface area contributed by atoms with E-state index in [2.05, 4.69) is 18.7 Å². The summed E-state index contributed by atoms with van der Waals surface area (Å²) in [4.78, 5) is 2.64. The minimum Gasteiger partial charge on any atom is -0.327 e. The maximum absolute atomic E-state index is 6.23. The van der Waals surface area contributed by atoms with Gasteiger partial charge in [0, 0.05) is 19.1 Å². The zero-order valence-corrected chi connectivity index (χ0v) is 11.7. The molecule has 2 aliphatic rings. The monoisotopic (exact) mass is 238 g/mol. The van der Waals surface area contributed by atoms with E-state index in [4.69, 9.17) is 5.73 Å². The lowest BCUT2D eigenvalue weighted by Crippen LogP contribution is -2.46. The molecule has 1 aliphatic carbocycles. The van der Waals surface area contributed by atoms with Gasteiger partial charge < -0.3 is 10.6 Å². The Morgan fingerprint density at radius 3 is 2.53 bits per heavy atom. The number of nitrogens with two attached hydrogens (primary N) is 1. The molecule has 2 nitrogen and oxygen atoms in total. The van der Waals surface area contributed by atoms with Crippen molar-refractivity contribution in [1.82, 2.24) is 4.90 Å². The van der Waals surface area contributed by atoms with E-state index in [1.165, 1.54) is 51.6 Å². The van der Waals surface area contributed by atoms with Gasteiger partial charge in [-0.2, -0.15) is 0 Å². The van der Waals surface area contributed by atoms with E-state index in [9.17, 15) is 0 Å². The fraction of sp³-hybridized carbons (Fsp3) is 1.00. The second-order valence-electron chi connectivity index (χ2n) is 6.74. The normalized spacial score (nSPS) is 32.5. The van der Waals surface area contributed by atoms with E-state index < -0.39 is 0 Å². The average molecular weight is 238 g/mol. The number of piperidine rings is 1. The van der Waals surface area contributed by atoms with Gasteiger partial charge in [0.15, 0.2) is 0 Å². The highest BCUT2D eigenvalue weighted by molar-refractivity contribution is 4.84. The Balaban J connectivity index is 1.75. The zero-order chi connectivity index (χ0) is 12.3. The molecule has 0 aromatic rings. The second kappa shape index (κ2) is 6.19. The summed E-state index contributed by atoms with van der Waals surface area (Å²) in [5.41, 5.74) is 6.23. The van der Waals surface area contributed by atoms with Crippen LogP contribution in [0.5, 0.6) is 0 Å². The molecule has 0 amide bonds. The summed E-state index contributed by atoms with van der Waals surface area (Å²) in [7, 11) is 0. The first-order valence-corrected chi connectivity index (χ1v) is 7.63. The molecule has 17 heavy (non-hydrogen) atoms. The van der Waals surface area contributed by atoms with Crippen molar-refractivity contribution in [3.05, 3.63) is 0 Å². The van der Waals surface area contributed by atoms with Crippen LogP contribution in [0, 0.1) is 17.8 Å². The van der Waals surface area contributed by atoms with Gasteiger partial charge in [-0.25, -0.2) is 0 Å². The molecule has 0 aromatic carbocycles. The average Bonchev–Trinajstić information content (AvgIpc) is 2.27. The highest BCUT2D eigenvalue weighted by Crippen LogP contribution is 2.35. The van der Waals surface area contributed by atoms with Crippen LogP contribution in [-0.4, -0.2) is 30.6 Å². The van der Waals surface area contributed by atoms with Crippen LogP contribution >= 0.6 is 0 Å². The molecule has 1 saturated carbocycles. The molecule has 1 saturated heterocycles. The van der Waals surface area contributed by atoms with E-state index in [1.54, 1.807) is 0 Å². The predicted octanol–water partition coefficient (Wildman–Crippen LogP) is 2.87. The van der Waals surface area contributed by atoms with Gasteiger partial charge in [0.05, 0.1) is 0 Å². The summed E-state index contributed by atoms with van der Waals surface area (Å²) in [5.74, 6) is 2.77. The Bertz CT molecular complexity index is 227. The summed E-state index contributed by atoms with van der Waals surface area (Å²) >= 11 is 0. The van der Waals surface area contributed by atoms with Crippen LogP contribution in [0.2, 0.25) is 0 Å². The van der Waals surface area contributed by atoms with Crippen LogP contribution in [0.4, 0.5) is 0 Å². The maximum Gasteiger partial charge on any atom is 0.0170 e.